The van der Waals surface area contributed by atoms with Gasteiger partial charge in [0.15, 0.2) is 0 Å². The lowest BCUT2D eigenvalue weighted by molar-refractivity contribution is -0.111. The van der Waals surface area contributed by atoms with Crippen LogP contribution in [0.2, 0.25) is 0 Å². The first kappa shape index (κ1) is 15.0. The van der Waals surface area contributed by atoms with Crippen molar-refractivity contribution in [3.63, 3.8) is 0 Å². The third-order valence-electron chi connectivity index (χ3n) is 2.83. The Morgan fingerprint density at radius 2 is 1.86 bits per heavy atom. The van der Waals surface area contributed by atoms with Gasteiger partial charge in [0, 0.05) is 11.0 Å². The quantitative estimate of drug-likeness (QED) is 0.846. The monoisotopic (exact) mass is 301 g/mol. The number of carboxylic acid groups (broad SMARTS) is 1. The molecule has 0 spiro atoms. The fourth-order valence-corrected chi connectivity index (χ4v) is 2.68. The summed E-state index contributed by atoms with van der Waals surface area (Å²) in [5.41, 5.74) is 2.18. The van der Waals surface area contributed by atoms with Crippen LogP contribution in [0.5, 0.6) is 0 Å². The highest BCUT2D eigenvalue weighted by Gasteiger charge is 2.14. The number of hydrogen-bond donors (Lipinski definition) is 2. The van der Waals surface area contributed by atoms with Gasteiger partial charge in [-0.1, -0.05) is 29.8 Å². The minimum Gasteiger partial charge on any atom is -0.478 e. The fourth-order valence-electron chi connectivity index (χ4n) is 1.77. The number of aryl methyl sites for hydroxylation is 2. The number of carbonyl (C=O) groups is 2. The average molecular weight is 301 g/mol. The zero-order chi connectivity index (χ0) is 15.4. The van der Waals surface area contributed by atoms with E-state index in [4.69, 9.17) is 5.11 Å². The lowest BCUT2D eigenvalue weighted by Gasteiger charge is -2.00. The molecule has 0 saturated heterocycles. The number of benzene rings is 1. The van der Waals surface area contributed by atoms with Crippen molar-refractivity contribution in [3.05, 3.63) is 58.0 Å². The van der Waals surface area contributed by atoms with E-state index in [9.17, 15) is 9.59 Å². The predicted octanol–water partition coefficient (Wildman–Crippen LogP) is 3.72. The summed E-state index contributed by atoms with van der Waals surface area (Å²) >= 11 is 1.25. The number of hydrogen-bond acceptors (Lipinski definition) is 3. The Balaban J connectivity index is 2.08. The topological polar surface area (TPSA) is 66.4 Å². The molecule has 2 aromatic rings. The van der Waals surface area contributed by atoms with Crippen molar-refractivity contribution in [1.29, 1.82) is 0 Å². The van der Waals surface area contributed by atoms with Gasteiger partial charge in [-0.15, -0.1) is 11.3 Å². The Morgan fingerprint density at radius 1 is 1.19 bits per heavy atom. The summed E-state index contributed by atoms with van der Waals surface area (Å²) < 4.78 is 0. The Labute approximate surface area is 126 Å². The van der Waals surface area contributed by atoms with E-state index in [1.807, 2.05) is 31.2 Å². The van der Waals surface area contributed by atoms with Crippen LogP contribution in [0.1, 0.15) is 26.4 Å². The molecule has 21 heavy (non-hydrogen) atoms. The molecular weight excluding hydrogens is 286 g/mol. The molecular formula is C16H15NO3S. The molecule has 0 aliphatic heterocycles. The standard InChI is InChI=1S/C16H15NO3S/c1-10-3-5-12(6-4-10)7-8-14(18)17-15-13(16(19)20)9-11(2)21-15/h3-9H,1-2H3,(H,17,18)(H,19,20)/b8-7+. The van der Waals surface area contributed by atoms with Crippen LogP contribution >= 0.6 is 11.3 Å². The maximum atomic E-state index is 11.9. The summed E-state index contributed by atoms with van der Waals surface area (Å²) in [6, 6.07) is 9.30. The van der Waals surface area contributed by atoms with Crippen molar-refractivity contribution >= 4 is 34.3 Å². The summed E-state index contributed by atoms with van der Waals surface area (Å²) in [6.07, 6.45) is 3.08. The number of anilines is 1. The van der Waals surface area contributed by atoms with Crippen molar-refractivity contribution in [2.75, 3.05) is 5.32 Å². The number of carbonyl (C=O) groups excluding carboxylic acids is 1. The molecule has 0 atom stereocenters. The van der Waals surface area contributed by atoms with Crippen LogP contribution in [0, 0.1) is 13.8 Å². The van der Waals surface area contributed by atoms with Gasteiger partial charge in [0.25, 0.3) is 0 Å². The summed E-state index contributed by atoms with van der Waals surface area (Å²) in [5.74, 6) is -1.39. The molecule has 0 radical (unpaired) electrons. The van der Waals surface area contributed by atoms with Gasteiger partial charge < -0.3 is 10.4 Å². The van der Waals surface area contributed by atoms with Gasteiger partial charge in [0.05, 0.1) is 5.56 Å². The first-order valence-corrected chi connectivity index (χ1v) is 7.17. The third kappa shape index (κ3) is 4.03. The van der Waals surface area contributed by atoms with E-state index in [0.29, 0.717) is 5.00 Å². The summed E-state index contributed by atoms with van der Waals surface area (Å²) in [4.78, 5) is 23.8. The van der Waals surface area contributed by atoms with Crippen LogP contribution < -0.4 is 5.32 Å². The number of thiophene rings is 1. The van der Waals surface area contributed by atoms with Crippen molar-refractivity contribution in [3.8, 4) is 0 Å². The van der Waals surface area contributed by atoms with E-state index in [2.05, 4.69) is 5.32 Å². The Hall–Kier alpha value is -2.40. The molecule has 1 aromatic heterocycles. The molecule has 1 heterocycles. The van der Waals surface area contributed by atoms with Crippen LogP contribution in [0.15, 0.2) is 36.4 Å². The number of carboxylic acids is 1. The number of rotatable bonds is 4. The highest BCUT2D eigenvalue weighted by Crippen LogP contribution is 2.27. The van der Waals surface area contributed by atoms with Crippen LogP contribution in [-0.4, -0.2) is 17.0 Å². The van der Waals surface area contributed by atoms with Gasteiger partial charge in [0.2, 0.25) is 5.91 Å². The van der Waals surface area contributed by atoms with Crippen LogP contribution in [-0.2, 0) is 4.79 Å². The van der Waals surface area contributed by atoms with E-state index < -0.39 is 5.97 Å². The zero-order valence-corrected chi connectivity index (χ0v) is 12.5. The lowest BCUT2D eigenvalue weighted by atomic mass is 10.1. The SMILES string of the molecule is Cc1ccc(/C=C/C(=O)Nc2sc(C)cc2C(=O)O)cc1. The van der Waals surface area contributed by atoms with Gasteiger partial charge in [-0.2, -0.15) is 0 Å². The Morgan fingerprint density at radius 3 is 2.48 bits per heavy atom. The largest absolute Gasteiger partial charge is 0.478 e. The van der Waals surface area contributed by atoms with Crippen molar-refractivity contribution in [1.82, 2.24) is 0 Å². The minimum absolute atomic E-state index is 0.120. The predicted molar refractivity (Wildman–Crippen MR) is 84.9 cm³/mol. The summed E-state index contributed by atoms with van der Waals surface area (Å²) in [7, 11) is 0. The van der Waals surface area contributed by atoms with Crippen LogP contribution in [0.4, 0.5) is 5.00 Å². The second kappa shape index (κ2) is 6.37. The van der Waals surface area contributed by atoms with Crippen LogP contribution in [0.3, 0.4) is 0 Å². The first-order valence-electron chi connectivity index (χ1n) is 6.35. The molecule has 5 heteroatoms. The van der Waals surface area contributed by atoms with E-state index in [0.717, 1.165) is 16.0 Å². The molecule has 2 N–H and O–H groups in total. The van der Waals surface area contributed by atoms with Gasteiger partial charge >= 0.3 is 5.97 Å². The maximum Gasteiger partial charge on any atom is 0.338 e. The molecule has 0 saturated carbocycles. The number of nitrogens with one attached hydrogen (secondary N) is 1. The van der Waals surface area contributed by atoms with Crippen molar-refractivity contribution in [2.24, 2.45) is 0 Å². The maximum absolute atomic E-state index is 11.9. The Kier molecular flexibility index (Phi) is 4.55. The van der Waals surface area contributed by atoms with E-state index in [1.54, 1.807) is 19.1 Å². The first-order chi connectivity index (χ1) is 9.95. The molecule has 0 unspecified atom stereocenters. The highest BCUT2D eigenvalue weighted by molar-refractivity contribution is 7.16. The smallest absolute Gasteiger partial charge is 0.338 e. The Bertz CT molecular complexity index is 699. The minimum atomic E-state index is -1.04. The summed E-state index contributed by atoms with van der Waals surface area (Å²) in [5, 5.41) is 12.0. The zero-order valence-electron chi connectivity index (χ0n) is 11.7. The molecule has 0 aliphatic rings. The normalized spacial score (nSPS) is 10.8. The molecule has 0 fully saturated rings. The average Bonchev–Trinajstić information content (AvgIpc) is 2.79. The van der Waals surface area contributed by atoms with Gasteiger partial charge in [-0.25, -0.2) is 4.79 Å². The molecule has 2 rings (SSSR count). The van der Waals surface area contributed by atoms with E-state index in [-0.39, 0.29) is 11.5 Å². The van der Waals surface area contributed by atoms with E-state index >= 15 is 0 Å². The molecule has 4 nitrogen and oxygen atoms in total. The fraction of sp³-hybridized carbons (Fsp3) is 0.125. The van der Waals surface area contributed by atoms with Crippen molar-refractivity contribution < 1.29 is 14.7 Å². The van der Waals surface area contributed by atoms with E-state index in [1.165, 1.54) is 17.4 Å². The third-order valence-corrected chi connectivity index (χ3v) is 3.79. The van der Waals surface area contributed by atoms with Crippen molar-refractivity contribution in [2.45, 2.75) is 13.8 Å². The molecule has 108 valence electrons. The molecule has 0 aliphatic carbocycles. The van der Waals surface area contributed by atoms with Crippen LogP contribution in [0.25, 0.3) is 6.08 Å². The molecule has 1 aromatic carbocycles. The molecule has 1 amide bonds. The van der Waals surface area contributed by atoms with Gasteiger partial charge in [-0.3, -0.25) is 4.79 Å². The highest BCUT2D eigenvalue weighted by atomic mass is 32.1. The van der Waals surface area contributed by atoms with Gasteiger partial charge in [-0.05, 0) is 31.6 Å². The second-order valence-corrected chi connectivity index (χ2v) is 5.89. The molecule has 0 bridgehead atoms. The van der Waals surface area contributed by atoms with Gasteiger partial charge in [0.1, 0.15) is 5.00 Å². The number of amides is 1. The second-order valence-electron chi connectivity index (χ2n) is 4.64. The number of aromatic carboxylic acids is 1. The lowest BCUT2D eigenvalue weighted by Crippen LogP contribution is -2.09. The summed E-state index contributed by atoms with van der Waals surface area (Å²) in [6.45, 7) is 3.79.